The van der Waals surface area contributed by atoms with Gasteiger partial charge in [0.1, 0.15) is 11.6 Å². The maximum Gasteiger partial charge on any atom is 0.387 e. The summed E-state index contributed by atoms with van der Waals surface area (Å²) < 4.78 is 76.3. The largest absolute Gasteiger partial charge is 0.494 e. The molecule has 3 aromatic rings. The van der Waals surface area contributed by atoms with E-state index in [-0.39, 0.29) is 5.39 Å². The first-order chi connectivity index (χ1) is 12.4. The van der Waals surface area contributed by atoms with Gasteiger partial charge in [-0.3, -0.25) is 0 Å². The molecule has 3 rings (SSSR count). The van der Waals surface area contributed by atoms with Crippen LogP contribution < -0.4 is 9.47 Å². The second-order valence-corrected chi connectivity index (χ2v) is 5.39. The Balaban J connectivity index is 2.10. The molecule has 0 aliphatic heterocycles. The first kappa shape index (κ1) is 18.0. The molecule has 0 fully saturated rings. The third-order valence-corrected chi connectivity index (χ3v) is 3.74. The number of hydrogen-bond donors (Lipinski definition) is 0. The maximum absolute atomic E-state index is 14.4. The molecule has 0 atom stereocenters. The minimum Gasteiger partial charge on any atom is -0.494 e. The molecule has 0 radical (unpaired) electrons. The Morgan fingerprint density at radius 1 is 0.885 bits per heavy atom. The van der Waals surface area contributed by atoms with Crippen LogP contribution in [0.1, 0.15) is 6.92 Å². The van der Waals surface area contributed by atoms with Crippen molar-refractivity contribution < 1.29 is 31.4 Å². The number of alkyl halides is 2. The molecule has 0 unspecified atom stereocenters. The van der Waals surface area contributed by atoms with Gasteiger partial charge in [-0.2, -0.15) is 8.78 Å². The molecule has 2 nitrogen and oxygen atoms in total. The summed E-state index contributed by atoms with van der Waals surface area (Å²) in [5.74, 6) is -4.53. The van der Waals surface area contributed by atoms with Crippen LogP contribution in [0.4, 0.5) is 22.0 Å². The lowest BCUT2D eigenvalue weighted by Crippen LogP contribution is -2.06. The quantitative estimate of drug-likeness (QED) is 0.520. The predicted octanol–water partition coefficient (Wildman–Crippen LogP) is 5.92. The molecule has 0 aliphatic rings. The molecular formula is C19H13F5O2. The molecule has 26 heavy (non-hydrogen) atoms. The number of halogens is 5. The van der Waals surface area contributed by atoms with Crippen molar-refractivity contribution in [3.05, 3.63) is 59.9 Å². The van der Waals surface area contributed by atoms with E-state index in [1.54, 1.807) is 24.3 Å². The van der Waals surface area contributed by atoms with Gasteiger partial charge in [-0.15, -0.1) is 0 Å². The summed E-state index contributed by atoms with van der Waals surface area (Å²) in [6.07, 6.45) is 0. The van der Waals surface area contributed by atoms with Gasteiger partial charge < -0.3 is 9.47 Å². The molecule has 0 N–H and O–H groups in total. The number of rotatable bonds is 5. The Bertz CT molecular complexity index is 939. The van der Waals surface area contributed by atoms with Crippen molar-refractivity contribution in [1.82, 2.24) is 0 Å². The lowest BCUT2D eigenvalue weighted by atomic mass is 10.00. The van der Waals surface area contributed by atoms with Crippen molar-refractivity contribution in [1.29, 1.82) is 0 Å². The highest BCUT2D eigenvalue weighted by atomic mass is 19.3. The first-order valence-corrected chi connectivity index (χ1v) is 7.70. The van der Waals surface area contributed by atoms with Gasteiger partial charge in [-0.1, -0.05) is 12.1 Å². The van der Waals surface area contributed by atoms with Gasteiger partial charge in [0.05, 0.1) is 12.0 Å². The third-order valence-electron chi connectivity index (χ3n) is 3.74. The zero-order chi connectivity index (χ0) is 18.8. The molecule has 3 aromatic carbocycles. The third kappa shape index (κ3) is 3.42. The summed E-state index contributed by atoms with van der Waals surface area (Å²) in [5.41, 5.74) is 0.974. The number of fused-ring (bicyclic) bond motifs is 1. The van der Waals surface area contributed by atoms with E-state index in [1.807, 2.05) is 6.92 Å². The fourth-order valence-electron chi connectivity index (χ4n) is 2.67. The highest BCUT2D eigenvalue weighted by Gasteiger charge is 2.21. The van der Waals surface area contributed by atoms with Gasteiger partial charge in [0.25, 0.3) is 0 Å². The molecule has 7 heteroatoms. The smallest absolute Gasteiger partial charge is 0.387 e. The number of hydrogen-bond acceptors (Lipinski definition) is 2. The fraction of sp³-hybridized carbons (Fsp3) is 0.158. The van der Waals surface area contributed by atoms with Gasteiger partial charge in [-0.05, 0) is 53.8 Å². The van der Waals surface area contributed by atoms with E-state index in [9.17, 15) is 22.0 Å². The van der Waals surface area contributed by atoms with Crippen molar-refractivity contribution in [2.75, 3.05) is 6.61 Å². The Hall–Kier alpha value is -2.83. The fourth-order valence-corrected chi connectivity index (χ4v) is 2.67. The summed E-state index contributed by atoms with van der Waals surface area (Å²) in [5, 5.41) is -0.720. The number of ether oxygens (including phenoxy) is 2. The summed E-state index contributed by atoms with van der Waals surface area (Å²) in [4.78, 5) is 0. The van der Waals surface area contributed by atoms with Gasteiger partial charge in [0.2, 0.25) is 0 Å². The Kier molecular flexibility index (Phi) is 4.97. The monoisotopic (exact) mass is 368 g/mol. The van der Waals surface area contributed by atoms with Crippen LogP contribution in [0.2, 0.25) is 0 Å². The van der Waals surface area contributed by atoms with E-state index in [2.05, 4.69) is 4.74 Å². The van der Waals surface area contributed by atoms with Crippen molar-refractivity contribution >= 4 is 10.8 Å². The van der Waals surface area contributed by atoms with Crippen molar-refractivity contribution in [2.45, 2.75) is 13.5 Å². The standard InChI is InChI=1S/C19H13F5O2/c1-2-25-13-5-3-10(4-6-13)11-7-12-9-15(21)18(26-19(23)24)17(22)16(12)14(20)8-11/h3-9,19H,2H2,1H3. The first-order valence-electron chi connectivity index (χ1n) is 7.70. The van der Waals surface area contributed by atoms with E-state index in [0.717, 1.165) is 12.1 Å². The zero-order valence-corrected chi connectivity index (χ0v) is 13.5. The molecule has 0 heterocycles. The SMILES string of the molecule is CCOc1ccc(-c2cc(F)c3c(F)c(OC(F)F)c(F)cc3c2)cc1. The highest BCUT2D eigenvalue weighted by Crippen LogP contribution is 2.35. The normalized spacial score (nSPS) is 11.2. The minimum atomic E-state index is -3.43. The van der Waals surface area contributed by atoms with E-state index >= 15 is 0 Å². The average molecular weight is 368 g/mol. The van der Waals surface area contributed by atoms with Crippen LogP contribution in [0.15, 0.2) is 42.5 Å². The van der Waals surface area contributed by atoms with Gasteiger partial charge >= 0.3 is 6.61 Å². The molecule has 0 saturated heterocycles. The van der Waals surface area contributed by atoms with Crippen LogP contribution in [0.5, 0.6) is 11.5 Å². The van der Waals surface area contributed by atoms with Gasteiger partial charge in [-0.25, -0.2) is 13.2 Å². The minimum absolute atomic E-state index is 0.106. The van der Waals surface area contributed by atoms with Crippen molar-refractivity contribution in [3.8, 4) is 22.6 Å². The topological polar surface area (TPSA) is 18.5 Å². The molecule has 0 saturated carbocycles. The Labute approximate surface area is 145 Å². The van der Waals surface area contributed by atoms with E-state index < -0.39 is 35.2 Å². The maximum atomic E-state index is 14.4. The molecular weight excluding hydrogens is 355 g/mol. The van der Waals surface area contributed by atoms with E-state index in [0.29, 0.717) is 23.5 Å². The number of benzene rings is 3. The lowest BCUT2D eigenvalue weighted by Gasteiger charge is -2.12. The highest BCUT2D eigenvalue weighted by molar-refractivity contribution is 5.89. The second-order valence-electron chi connectivity index (χ2n) is 5.39. The summed E-state index contributed by atoms with van der Waals surface area (Å²) in [6.45, 7) is -1.10. The second kappa shape index (κ2) is 7.19. The van der Waals surface area contributed by atoms with Crippen molar-refractivity contribution in [2.24, 2.45) is 0 Å². The Morgan fingerprint density at radius 2 is 1.58 bits per heavy atom. The van der Waals surface area contributed by atoms with Crippen LogP contribution in [0.25, 0.3) is 21.9 Å². The van der Waals surface area contributed by atoms with Gasteiger partial charge in [0, 0.05) is 0 Å². The van der Waals surface area contributed by atoms with Gasteiger partial charge in [0.15, 0.2) is 17.4 Å². The molecule has 136 valence electrons. The van der Waals surface area contributed by atoms with Crippen LogP contribution in [0, 0.1) is 17.5 Å². The van der Waals surface area contributed by atoms with Crippen LogP contribution >= 0.6 is 0 Å². The summed E-state index contributed by atoms with van der Waals surface area (Å²) >= 11 is 0. The van der Waals surface area contributed by atoms with E-state index in [1.165, 1.54) is 6.07 Å². The van der Waals surface area contributed by atoms with E-state index in [4.69, 9.17) is 4.74 Å². The molecule has 0 bridgehead atoms. The zero-order valence-electron chi connectivity index (χ0n) is 13.5. The Morgan fingerprint density at radius 3 is 2.19 bits per heavy atom. The predicted molar refractivity (Wildman–Crippen MR) is 87.1 cm³/mol. The lowest BCUT2D eigenvalue weighted by molar-refractivity contribution is -0.0544. The summed E-state index contributed by atoms with van der Waals surface area (Å²) in [6, 6.07) is 9.89. The molecule has 0 amide bonds. The van der Waals surface area contributed by atoms with Crippen molar-refractivity contribution in [3.63, 3.8) is 0 Å². The average Bonchev–Trinajstić information content (AvgIpc) is 2.58. The van der Waals surface area contributed by atoms with Crippen LogP contribution in [0.3, 0.4) is 0 Å². The van der Waals surface area contributed by atoms with Crippen LogP contribution in [-0.2, 0) is 0 Å². The summed E-state index contributed by atoms with van der Waals surface area (Å²) in [7, 11) is 0. The van der Waals surface area contributed by atoms with Crippen LogP contribution in [-0.4, -0.2) is 13.2 Å². The molecule has 0 aliphatic carbocycles. The molecule has 0 aromatic heterocycles. The molecule has 0 spiro atoms.